The van der Waals surface area contributed by atoms with Crippen molar-refractivity contribution in [3.8, 4) is 0 Å². The Morgan fingerprint density at radius 1 is 0.822 bits per heavy atom. The van der Waals surface area contributed by atoms with Crippen molar-refractivity contribution >= 4 is 51.2 Å². The van der Waals surface area contributed by atoms with Crippen LogP contribution in [0.25, 0.3) is 10.8 Å². The van der Waals surface area contributed by atoms with Gasteiger partial charge in [-0.05, 0) is 47.2 Å². The Balaban J connectivity index is 1.47. The zero-order valence-corrected chi connectivity index (χ0v) is 25.9. The fourth-order valence-electron chi connectivity index (χ4n) is 5.56. The minimum Gasteiger partial charge on any atom is -0.473 e. The van der Waals surface area contributed by atoms with Crippen molar-refractivity contribution in [1.82, 2.24) is 4.90 Å². The molecule has 1 fully saturated rings. The molecule has 1 aliphatic heterocycles. The lowest BCUT2D eigenvalue weighted by atomic mass is 10.1. The monoisotopic (exact) mass is 614 g/mol. The number of morpholine rings is 1. The highest BCUT2D eigenvalue weighted by Crippen LogP contribution is 2.44. The van der Waals surface area contributed by atoms with Crippen LogP contribution in [0.3, 0.4) is 0 Å². The lowest BCUT2D eigenvalue weighted by molar-refractivity contribution is 0.0371. The lowest BCUT2D eigenvalue weighted by Crippen LogP contribution is -2.39. The standard InChI is InChI=1S/C38H35N2O4P/c1-2-23-44-38(39-32-19-17-29(18-20-32)36(41)28-40-21-24-43-25-22-40)35-26-30-11-9-10-12-31(30)27-37(35)45(42,33-13-5-3-6-14-33)34-15-7-4-8-16-34/h2-20,26-27H,1,21-25,28H2. The van der Waals surface area contributed by atoms with E-state index in [1.54, 1.807) is 18.2 Å². The molecule has 0 aliphatic carbocycles. The second-order valence-electron chi connectivity index (χ2n) is 10.9. The number of aliphatic imine (C=N–C) groups is 1. The number of ether oxygens (including phenoxy) is 2. The lowest BCUT2D eigenvalue weighted by Gasteiger charge is -2.25. The Kier molecular flexibility index (Phi) is 9.46. The molecule has 6 nitrogen and oxygen atoms in total. The van der Waals surface area contributed by atoms with E-state index in [0.717, 1.165) is 34.5 Å². The van der Waals surface area contributed by atoms with E-state index in [-0.39, 0.29) is 12.4 Å². The number of rotatable bonds is 10. The zero-order chi connectivity index (χ0) is 31.1. The third-order valence-corrected chi connectivity index (χ3v) is 11.0. The summed E-state index contributed by atoms with van der Waals surface area (Å²) in [6, 6.07) is 38.4. The van der Waals surface area contributed by atoms with Gasteiger partial charge in [0.1, 0.15) is 6.61 Å². The van der Waals surface area contributed by atoms with E-state index < -0.39 is 7.14 Å². The fraction of sp³-hybridized carbons (Fsp3) is 0.158. The van der Waals surface area contributed by atoms with Crippen LogP contribution in [0.5, 0.6) is 0 Å². The number of fused-ring (bicyclic) bond motifs is 1. The summed E-state index contributed by atoms with van der Waals surface area (Å²) in [6.07, 6.45) is 1.66. The van der Waals surface area contributed by atoms with Crippen LogP contribution in [0.4, 0.5) is 5.69 Å². The number of hydrogen-bond acceptors (Lipinski definition) is 6. The van der Waals surface area contributed by atoms with Gasteiger partial charge >= 0.3 is 0 Å². The minimum absolute atomic E-state index is 0.0547. The summed E-state index contributed by atoms with van der Waals surface area (Å²) in [4.78, 5) is 20.0. The molecule has 1 heterocycles. The van der Waals surface area contributed by atoms with E-state index in [4.69, 9.17) is 14.5 Å². The molecule has 0 N–H and O–H groups in total. The molecule has 6 rings (SSSR count). The van der Waals surface area contributed by atoms with Gasteiger partial charge in [0.25, 0.3) is 0 Å². The Morgan fingerprint density at radius 3 is 2.00 bits per heavy atom. The van der Waals surface area contributed by atoms with Gasteiger partial charge in [-0.2, -0.15) is 0 Å². The third kappa shape index (κ3) is 6.74. The maximum atomic E-state index is 15.6. The largest absolute Gasteiger partial charge is 0.473 e. The number of benzene rings is 5. The van der Waals surface area contributed by atoms with Crippen molar-refractivity contribution < 1.29 is 18.8 Å². The fourth-order valence-corrected chi connectivity index (χ4v) is 8.42. The summed E-state index contributed by atoms with van der Waals surface area (Å²) < 4.78 is 27.3. The van der Waals surface area contributed by atoms with Crippen LogP contribution in [0.15, 0.2) is 139 Å². The van der Waals surface area contributed by atoms with Gasteiger partial charge in [0.15, 0.2) is 12.9 Å². The van der Waals surface area contributed by atoms with E-state index in [0.29, 0.717) is 47.8 Å². The maximum Gasteiger partial charge on any atom is 0.222 e. The van der Waals surface area contributed by atoms with Crippen LogP contribution >= 0.6 is 7.14 Å². The first-order valence-electron chi connectivity index (χ1n) is 15.1. The van der Waals surface area contributed by atoms with Gasteiger partial charge in [0, 0.05) is 40.1 Å². The van der Waals surface area contributed by atoms with Crippen LogP contribution in [0, 0.1) is 0 Å². The van der Waals surface area contributed by atoms with E-state index in [1.165, 1.54) is 0 Å². The van der Waals surface area contributed by atoms with Gasteiger partial charge < -0.3 is 14.0 Å². The topological polar surface area (TPSA) is 68.2 Å². The summed E-state index contributed by atoms with van der Waals surface area (Å²) in [7, 11) is -3.39. The summed E-state index contributed by atoms with van der Waals surface area (Å²) in [5, 5.41) is 4.02. The predicted molar refractivity (Wildman–Crippen MR) is 184 cm³/mol. The van der Waals surface area contributed by atoms with Crippen molar-refractivity contribution in [2.75, 3.05) is 39.5 Å². The molecular formula is C38H35N2O4P. The van der Waals surface area contributed by atoms with E-state index in [2.05, 4.69) is 11.5 Å². The van der Waals surface area contributed by atoms with Crippen molar-refractivity contribution in [3.63, 3.8) is 0 Å². The van der Waals surface area contributed by atoms with Gasteiger partial charge in [0.05, 0.1) is 25.4 Å². The molecule has 45 heavy (non-hydrogen) atoms. The number of carbonyl (C=O) groups excluding carboxylic acids is 1. The third-order valence-electron chi connectivity index (χ3n) is 7.90. The van der Waals surface area contributed by atoms with Crippen molar-refractivity contribution in [1.29, 1.82) is 0 Å². The molecule has 226 valence electrons. The second kappa shape index (κ2) is 14.0. The van der Waals surface area contributed by atoms with Crippen molar-refractivity contribution in [2.45, 2.75) is 0 Å². The van der Waals surface area contributed by atoms with Crippen LogP contribution < -0.4 is 15.9 Å². The Morgan fingerprint density at radius 2 is 1.40 bits per heavy atom. The van der Waals surface area contributed by atoms with E-state index >= 15 is 4.57 Å². The zero-order valence-electron chi connectivity index (χ0n) is 25.0. The first-order valence-corrected chi connectivity index (χ1v) is 16.8. The first-order chi connectivity index (χ1) is 22.1. The molecular weight excluding hydrogens is 579 g/mol. The summed E-state index contributed by atoms with van der Waals surface area (Å²) in [5.74, 6) is 0.383. The molecule has 0 bridgehead atoms. The van der Waals surface area contributed by atoms with Crippen molar-refractivity contribution in [2.24, 2.45) is 4.99 Å². The molecule has 1 saturated heterocycles. The number of nitrogens with zero attached hydrogens (tertiary/aromatic N) is 2. The highest BCUT2D eigenvalue weighted by Gasteiger charge is 2.34. The summed E-state index contributed by atoms with van der Waals surface area (Å²) in [5.41, 5.74) is 1.88. The molecule has 5 aromatic rings. The smallest absolute Gasteiger partial charge is 0.222 e. The quantitative estimate of drug-likeness (QED) is 0.0610. The first kappa shape index (κ1) is 30.4. The Labute approximate surface area is 264 Å². The van der Waals surface area contributed by atoms with Gasteiger partial charge in [0.2, 0.25) is 5.90 Å². The molecule has 5 aromatic carbocycles. The van der Waals surface area contributed by atoms with Gasteiger partial charge in [-0.15, -0.1) is 0 Å². The Bertz CT molecular complexity index is 1820. The SMILES string of the molecule is C=CCOC(=Nc1ccc(C(=O)CN2CCOCC2)cc1)c1cc2ccccc2cc1P(=O)(c1ccccc1)c1ccccc1. The van der Waals surface area contributed by atoms with Gasteiger partial charge in [-0.3, -0.25) is 9.69 Å². The van der Waals surface area contributed by atoms with E-state index in [1.807, 2.05) is 109 Å². The molecule has 0 unspecified atom stereocenters. The molecule has 0 amide bonds. The predicted octanol–water partition coefficient (Wildman–Crippen LogP) is 6.28. The van der Waals surface area contributed by atoms with Crippen molar-refractivity contribution in [3.05, 3.63) is 145 Å². The van der Waals surface area contributed by atoms with E-state index in [9.17, 15) is 4.79 Å². The number of hydrogen-bond donors (Lipinski definition) is 0. The molecule has 7 heteroatoms. The minimum atomic E-state index is -3.39. The average Bonchev–Trinajstić information content (AvgIpc) is 3.10. The molecule has 0 saturated carbocycles. The normalized spacial score (nSPS) is 14.3. The number of carbonyl (C=O) groups is 1. The molecule has 0 radical (unpaired) electrons. The summed E-state index contributed by atoms with van der Waals surface area (Å²) >= 11 is 0. The Hall–Kier alpha value is -4.61. The van der Waals surface area contributed by atoms with Crippen LogP contribution in [-0.4, -0.2) is 56.0 Å². The molecule has 0 spiro atoms. The number of Topliss-reactive ketones (excluding diaryl/α,β-unsaturated/α-hetero) is 1. The molecule has 0 atom stereocenters. The number of ketones is 1. The van der Waals surface area contributed by atoms with Crippen LogP contribution in [-0.2, 0) is 14.0 Å². The maximum absolute atomic E-state index is 15.6. The average molecular weight is 615 g/mol. The molecule has 0 aromatic heterocycles. The van der Waals surface area contributed by atoms with Gasteiger partial charge in [-0.25, -0.2) is 4.99 Å². The molecule has 1 aliphatic rings. The highest BCUT2D eigenvalue weighted by molar-refractivity contribution is 7.85. The van der Waals surface area contributed by atoms with Crippen LogP contribution in [0.2, 0.25) is 0 Å². The van der Waals surface area contributed by atoms with Gasteiger partial charge in [-0.1, -0.05) is 97.6 Å². The second-order valence-corrected chi connectivity index (χ2v) is 13.6. The van der Waals surface area contributed by atoms with Crippen LogP contribution in [0.1, 0.15) is 15.9 Å². The highest BCUT2D eigenvalue weighted by atomic mass is 31.2. The summed E-state index contributed by atoms with van der Waals surface area (Å²) in [6.45, 7) is 7.21.